The zero-order valence-corrected chi connectivity index (χ0v) is 8.48. The monoisotopic (exact) mass is 194 g/mol. The molecule has 0 aromatic rings. The van der Waals surface area contributed by atoms with Crippen LogP contribution in [0.2, 0.25) is 0 Å². The van der Waals surface area contributed by atoms with Gasteiger partial charge in [0.05, 0.1) is 0 Å². The zero-order valence-electron chi connectivity index (χ0n) is 8.48. The van der Waals surface area contributed by atoms with E-state index in [-0.39, 0.29) is 6.04 Å². The maximum Gasteiger partial charge on any atom is 0.226 e. The summed E-state index contributed by atoms with van der Waals surface area (Å²) >= 11 is 0. The first-order chi connectivity index (χ1) is 6.77. The van der Waals surface area contributed by atoms with Crippen LogP contribution in [0.3, 0.4) is 0 Å². The fourth-order valence-electron chi connectivity index (χ4n) is 3.26. The average Bonchev–Trinajstić information content (AvgIpc) is 2.86. The molecule has 0 bridgehead atoms. The summed E-state index contributed by atoms with van der Waals surface area (Å²) in [6, 6.07) is 0.250. The Bertz CT molecular complexity index is 248. The van der Waals surface area contributed by atoms with Crippen LogP contribution in [0.4, 0.5) is 0 Å². The van der Waals surface area contributed by atoms with Crippen molar-refractivity contribution in [2.24, 2.45) is 23.5 Å². The van der Waals surface area contributed by atoms with Crippen LogP contribution >= 0.6 is 0 Å². The number of rotatable bonds is 1. The predicted molar refractivity (Wildman–Crippen MR) is 53.5 cm³/mol. The van der Waals surface area contributed by atoms with Gasteiger partial charge >= 0.3 is 0 Å². The highest BCUT2D eigenvalue weighted by atomic mass is 16.2. The molecule has 0 aromatic carbocycles. The van der Waals surface area contributed by atoms with E-state index in [9.17, 15) is 4.79 Å². The SMILES string of the molecule is NC1CN(C(=O)C2C3CCCCC32)C1. The van der Waals surface area contributed by atoms with Crippen molar-refractivity contribution in [2.75, 3.05) is 13.1 Å². The molecule has 2 saturated carbocycles. The molecule has 2 unspecified atom stereocenters. The van der Waals surface area contributed by atoms with Crippen molar-refractivity contribution < 1.29 is 4.79 Å². The van der Waals surface area contributed by atoms with Crippen molar-refractivity contribution in [3.8, 4) is 0 Å². The summed E-state index contributed by atoms with van der Waals surface area (Å²) < 4.78 is 0. The van der Waals surface area contributed by atoms with Gasteiger partial charge in [0.1, 0.15) is 0 Å². The van der Waals surface area contributed by atoms with E-state index in [1.54, 1.807) is 0 Å². The fourth-order valence-corrected chi connectivity index (χ4v) is 3.26. The average molecular weight is 194 g/mol. The maximum absolute atomic E-state index is 12.0. The van der Waals surface area contributed by atoms with E-state index >= 15 is 0 Å². The molecular formula is C11H18N2O. The first-order valence-corrected chi connectivity index (χ1v) is 5.82. The lowest BCUT2D eigenvalue weighted by atomic mass is 10.0. The van der Waals surface area contributed by atoms with Gasteiger partial charge in [0.15, 0.2) is 0 Å². The number of carbonyl (C=O) groups is 1. The van der Waals surface area contributed by atoms with E-state index in [1.807, 2.05) is 4.90 Å². The smallest absolute Gasteiger partial charge is 0.226 e. The number of nitrogens with two attached hydrogens (primary N) is 1. The van der Waals surface area contributed by atoms with Crippen molar-refractivity contribution in [3.63, 3.8) is 0 Å². The number of likely N-dealkylation sites (tertiary alicyclic amines) is 1. The summed E-state index contributed by atoms with van der Waals surface area (Å²) in [6.45, 7) is 1.60. The molecule has 3 nitrogen and oxygen atoms in total. The largest absolute Gasteiger partial charge is 0.339 e. The molecule has 3 aliphatic rings. The number of hydrogen-bond donors (Lipinski definition) is 1. The molecular weight excluding hydrogens is 176 g/mol. The standard InChI is InChI=1S/C11H18N2O/c12-7-5-13(6-7)11(14)10-8-3-1-2-4-9(8)10/h7-10H,1-6,12H2. The van der Waals surface area contributed by atoms with Gasteiger partial charge in [-0.25, -0.2) is 0 Å². The predicted octanol–water partition coefficient (Wildman–Crippen LogP) is 0.592. The number of hydrogen-bond acceptors (Lipinski definition) is 2. The second-order valence-corrected chi connectivity index (χ2v) is 5.14. The van der Waals surface area contributed by atoms with E-state index in [1.165, 1.54) is 25.7 Å². The molecule has 3 heteroatoms. The van der Waals surface area contributed by atoms with Gasteiger partial charge in [-0.05, 0) is 24.7 Å². The highest BCUT2D eigenvalue weighted by molar-refractivity contribution is 5.83. The lowest BCUT2D eigenvalue weighted by molar-refractivity contribution is -0.137. The number of fused-ring (bicyclic) bond motifs is 1. The lowest BCUT2D eigenvalue weighted by Crippen LogP contribution is -2.58. The minimum absolute atomic E-state index is 0.250. The molecule has 3 fully saturated rings. The second-order valence-electron chi connectivity index (χ2n) is 5.14. The van der Waals surface area contributed by atoms with E-state index in [0.29, 0.717) is 11.8 Å². The molecule has 0 radical (unpaired) electrons. The summed E-state index contributed by atoms with van der Waals surface area (Å²) in [4.78, 5) is 13.9. The Morgan fingerprint density at radius 2 is 1.71 bits per heavy atom. The summed E-state index contributed by atoms with van der Waals surface area (Å²) in [6.07, 6.45) is 5.26. The van der Waals surface area contributed by atoms with Crippen molar-refractivity contribution in [1.29, 1.82) is 0 Å². The van der Waals surface area contributed by atoms with E-state index in [0.717, 1.165) is 24.9 Å². The van der Waals surface area contributed by atoms with Crippen LogP contribution in [0.25, 0.3) is 0 Å². The highest BCUT2D eigenvalue weighted by Crippen LogP contribution is 2.56. The molecule has 2 aliphatic carbocycles. The summed E-state index contributed by atoms with van der Waals surface area (Å²) in [5.41, 5.74) is 5.68. The number of amides is 1. The topological polar surface area (TPSA) is 46.3 Å². The molecule has 1 heterocycles. The van der Waals surface area contributed by atoms with Gasteiger partial charge in [-0.3, -0.25) is 4.79 Å². The van der Waals surface area contributed by atoms with E-state index in [2.05, 4.69) is 0 Å². The van der Waals surface area contributed by atoms with Gasteiger partial charge in [0, 0.05) is 25.0 Å². The molecule has 14 heavy (non-hydrogen) atoms. The quantitative estimate of drug-likeness (QED) is 0.664. The molecule has 1 amide bonds. The van der Waals surface area contributed by atoms with Crippen molar-refractivity contribution >= 4 is 5.91 Å². The molecule has 3 rings (SSSR count). The molecule has 2 N–H and O–H groups in total. The Labute approximate surface area is 84.6 Å². The molecule has 0 spiro atoms. The Morgan fingerprint density at radius 1 is 1.14 bits per heavy atom. The Morgan fingerprint density at radius 3 is 2.21 bits per heavy atom. The first kappa shape index (κ1) is 8.72. The van der Waals surface area contributed by atoms with E-state index < -0.39 is 0 Å². The molecule has 0 aromatic heterocycles. The Hall–Kier alpha value is -0.570. The summed E-state index contributed by atoms with van der Waals surface area (Å²) in [7, 11) is 0. The first-order valence-electron chi connectivity index (χ1n) is 5.82. The normalized spacial score (nSPS) is 41.5. The molecule has 1 aliphatic heterocycles. The number of nitrogens with zero attached hydrogens (tertiary/aromatic N) is 1. The number of carbonyl (C=O) groups excluding carboxylic acids is 1. The zero-order chi connectivity index (χ0) is 9.71. The van der Waals surface area contributed by atoms with Gasteiger partial charge < -0.3 is 10.6 Å². The van der Waals surface area contributed by atoms with Crippen LogP contribution in [0.1, 0.15) is 25.7 Å². The van der Waals surface area contributed by atoms with Crippen LogP contribution in [0, 0.1) is 17.8 Å². The van der Waals surface area contributed by atoms with Gasteiger partial charge in [0.25, 0.3) is 0 Å². The second kappa shape index (κ2) is 2.96. The minimum atomic E-state index is 0.250. The fraction of sp³-hybridized carbons (Fsp3) is 0.909. The third-order valence-electron chi connectivity index (χ3n) is 4.16. The van der Waals surface area contributed by atoms with Crippen molar-refractivity contribution in [2.45, 2.75) is 31.7 Å². The Balaban J connectivity index is 1.59. The van der Waals surface area contributed by atoms with Crippen molar-refractivity contribution in [3.05, 3.63) is 0 Å². The molecule has 2 atom stereocenters. The third kappa shape index (κ3) is 1.18. The van der Waals surface area contributed by atoms with Crippen LogP contribution < -0.4 is 5.73 Å². The lowest BCUT2D eigenvalue weighted by Gasteiger charge is -2.37. The highest BCUT2D eigenvalue weighted by Gasteiger charge is 2.56. The van der Waals surface area contributed by atoms with Gasteiger partial charge in [-0.15, -0.1) is 0 Å². The minimum Gasteiger partial charge on any atom is -0.339 e. The summed E-state index contributed by atoms with van der Waals surface area (Å²) in [5.74, 6) is 2.29. The van der Waals surface area contributed by atoms with Crippen LogP contribution in [0.15, 0.2) is 0 Å². The van der Waals surface area contributed by atoms with Crippen molar-refractivity contribution in [1.82, 2.24) is 4.90 Å². The van der Waals surface area contributed by atoms with Crippen LogP contribution in [-0.4, -0.2) is 29.9 Å². The Kier molecular flexibility index (Phi) is 1.84. The third-order valence-corrected chi connectivity index (χ3v) is 4.16. The summed E-state index contributed by atoms with van der Waals surface area (Å²) in [5, 5.41) is 0. The maximum atomic E-state index is 12.0. The van der Waals surface area contributed by atoms with Crippen LogP contribution in [0.5, 0.6) is 0 Å². The van der Waals surface area contributed by atoms with Gasteiger partial charge in [-0.1, -0.05) is 12.8 Å². The molecule has 1 saturated heterocycles. The molecule has 78 valence electrons. The van der Waals surface area contributed by atoms with Gasteiger partial charge in [0.2, 0.25) is 5.91 Å². The van der Waals surface area contributed by atoms with Gasteiger partial charge in [-0.2, -0.15) is 0 Å². The van der Waals surface area contributed by atoms with Crippen LogP contribution in [-0.2, 0) is 4.79 Å². The van der Waals surface area contributed by atoms with E-state index in [4.69, 9.17) is 5.73 Å².